The molecular formula is C4H9NO4S. The first kappa shape index (κ1) is 9.54. The molecule has 2 N–H and O–H groups in total. The monoisotopic (exact) mass is 167 g/mol. The third kappa shape index (κ3) is 4.42. The van der Waals surface area contributed by atoms with Gasteiger partial charge < -0.3 is 4.84 Å². The lowest BCUT2D eigenvalue weighted by Crippen LogP contribution is -2.24. The lowest BCUT2D eigenvalue weighted by atomic mass is 10.2. The summed E-state index contributed by atoms with van der Waals surface area (Å²) in [5.41, 5.74) is 0. The Morgan fingerprint density at radius 3 is 2.50 bits per heavy atom. The maximum atomic E-state index is 10.5. The molecule has 0 amide bonds. The summed E-state index contributed by atoms with van der Waals surface area (Å²) in [5.74, 6) is -0.876. The molecular weight excluding hydrogens is 158 g/mol. The minimum atomic E-state index is -2.30. The maximum absolute atomic E-state index is 10.5. The molecule has 0 rings (SSSR count). The molecule has 0 bridgehead atoms. The van der Waals surface area contributed by atoms with Crippen molar-refractivity contribution >= 4 is 17.2 Å². The van der Waals surface area contributed by atoms with E-state index in [2.05, 4.69) is 4.84 Å². The molecule has 0 aromatic rings. The van der Waals surface area contributed by atoms with Crippen molar-refractivity contribution in [2.24, 2.45) is 5.92 Å². The Kier molecular flexibility index (Phi) is 4.17. The van der Waals surface area contributed by atoms with Crippen molar-refractivity contribution in [1.82, 2.24) is 4.89 Å². The second-order valence-electron chi connectivity index (χ2n) is 1.91. The molecule has 0 heterocycles. The van der Waals surface area contributed by atoms with Gasteiger partial charge in [-0.15, -0.1) is 0 Å². The van der Waals surface area contributed by atoms with Gasteiger partial charge in [0, 0.05) is 0 Å². The van der Waals surface area contributed by atoms with Crippen LogP contribution in [-0.2, 0) is 20.9 Å². The highest BCUT2D eigenvalue weighted by Gasteiger charge is 2.08. The van der Waals surface area contributed by atoms with Crippen LogP contribution in [0.1, 0.15) is 13.8 Å². The molecule has 1 unspecified atom stereocenters. The van der Waals surface area contributed by atoms with E-state index >= 15 is 0 Å². The molecule has 0 radical (unpaired) electrons. The van der Waals surface area contributed by atoms with E-state index in [1.54, 1.807) is 18.7 Å². The summed E-state index contributed by atoms with van der Waals surface area (Å²) in [6, 6.07) is 0. The highest BCUT2D eigenvalue weighted by molar-refractivity contribution is 7.76. The van der Waals surface area contributed by atoms with Gasteiger partial charge in [-0.3, -0.25) is 9.35 Å². The van der Waals surface area contributed by atoms with Gasteiger partial charge in [0.2, 0.25) is 0 Å². The second kappa shape index (κ2) is 4.37. The lowest BCUT2D eigenvalue weighted by Gasteiger charge is -2.02. The van der Waals surface area contributed by atoms with Crippen LogP contribution in [0.4, 0.5) is 0 Å². The topological polar surface area (TPSA) is 75.6 Å². The fraction of sp³-hybridized carbons (Fsp3) is 0.750. The third-order valence-electron chi connectivity index (χ3n) is 0.685. The van der Waals surface area contributed by atoms with E-state index in [4.69, 9.17) is 4.55 Å². The summed E-state index contributed by atoms with van der Waals surface area (Å²) < 4.78 is 17.9. The van der Waals surface area contributed by atoms with Gasteiger partial charge in [-0.05, 0) is 4.89 Å². The van der Waals surface area contributed by atoms with E-state index in [9.17, 15) is 9.00 Å². The Hall–Kier alpha value is -0.460. The first-order chi connectivity index (χ1) is 4.54. The zero-order valence-corrected chi connectivity index (χ0v) is 6.47. The maximum Gasteiger partial charge on any atom is 0.328 e. The minimum absolute atomic E-state index is 0.309. The molecule has 5 nitrogen and oxygen atoms in total. The van der Waals surface area contributed by atoms with Crippen molar-refractivity contribution in [3.05, 3.63) is 0 Å². The predicted molar refractivity (Wildman–Crippen MR) is 34.8 cm³/mol. The summed E-state index contributed by atoms with van der Waals surface area (Å²) in [6.45, 7) is 3.23. The first-order valence-electron chi connectivity index (χ1n) is 2.61. The van der Waals surface area contributed by atoms with E-state index < -0.39 is 17.2 Å². The van der Waals surface area contributed by atoms with Crippen LogP contribution in [0.15, 0.2) is 0 Å². The Labute approximate surface area is 61.1 Å². The van der Waals surface area contributed by atoms with Crippen LogP contribution in [-0.4, -0.2) is 14.7 Å². The molecule has 0 aromatic heterocycles. The quantitative estimate of drug-likeness (QED) is 0.452. The van der Waals surface area contributed by atoms with Crippen molar-refractivity contribution < 1.29 is 18.4 Å². The van der Waals surface area contributed by atoms with E-state index in [1.807, 2.05) is 0 Å². The highest BCUT2D eigenvalue weighted by atomic mass is 32.2. The highest BCUT2D eigenvalue weighted by Crippen LogP contribution is 1.92. The molecule has 0 aliphatic carbocycles. The molecule has 0 fully saturated rings. The van der Waals surface area contributed by atoms with E-state index in [0.29, 0.717) is 0 Å². The molecule has 0 aromatic carbocycles. The van der Waals surface area contributed by atoms with Crippen LogP contribution in [0.3, 0.4) is 0 Å². The molecule has 0 aliphatic rings. The molecule has 1 atom stereocenters. The van der Waals surface area contributed by atoms with Gasteiger partial charge in [0.1, 0.15) is 0 Å². The lowest BCUT2D eigenvalue weighted by molar-refractivity contribution is -0.150. The van der Waals surface area contributed by atoms with Crippen molar-refractivity contribution in [3.63, 3.8) is 0 Å². The number of hydrogen-bond acceptors (Lipinski definition) is 3. The number of nitrogens with one attached hydrogen (secondary N) is 1. The van der Waals surface area contributed by atoms with Crippen LogP contribution in [0.5, 0.6) is 0 Å². The van der Waals surface area contributed by atoms with Crippen LogP contribution in [0.25, 0.3) is 0 Å². The molecule has 10 heavy (non-hydrogen) atoms. The number of carbonyl (C=O) groups excluding carboxylic acids is 1. The van der Waals surface area contributed by atoms with Crippen LogP contribution in [0, 0.1) is 5.92 Å². The van der Waals surface area contributed by atoms with Gasteiger partial charge in [0.15, 0.2) is 0 Å². The Balaban J connectivity index is 3.50. The van der Waals surface area contributed by atoms with Crippen LogP contribution >= 0.6 is 0 Å². The van der Waals surface area contributed by atoms with Crippen LogP contribution in [0.2, 0.25) is 0 Å². The van der Waals surface area contributed by atoms with Crippen LogP contribution < -0.4 is 4.89 Å². The normalized spacial score (nSPS) is 13.2. The fourth-order valence-electron chi connectivity index (χ4n) is 0.195. The van der Waals surface area contributed by atoms with Gasteiger partial charge in [0.05, 0.1) is 5.92 Å². The largest absolute Gasteiger partial charge is 0.356 e. The van der Waals surface area contributed by atoms with Gasteiger partial charge in [-0.2, -0.15) is 0 Å². The Bertz CT molecular complexity index is 146. The molecule has 6 heteroatoms. The first-order valence-corrected chi connectivity index (χ1v) is 3.72. The summed E-state index contributed by atoms with van der Waals surface area (Å²) in [5, 5.41) is 0. The smallest absolute Gasteiger partial charge is 0.328 e. The average Bonchev–Trinajstić information content (AvgIpc) is 1.82. The van der Waals surface area contributed by atoms with E-state index in [1.165, 1.54) is 0 Å². The van der Waals surface area contributed by atoms with Gasteiger partial charge in [-0.25, -0.2) is 4.21 Å². The van der Waals surface area contributed by atoms with Gasteiger partial charge >= 0.3 is 5.97 Å². The molecule has 0 spiro atoms. The van der Waals surface area contributed by atoms with Crippen molar-refractivity contribution in [3.8, 4) is 0 Å². The average molecular weight is 167 g/mol. The zero-order valence-electron chi connectivity index (χ0n) is 5.66. The molecule has 0 saturated carbocycles. The SMILES string of the molecule is CC(C)C(=O)ONS(=O)O. The summed E-state index contributed by atoms with van der Waals surface area (Å²) in [7, 11) is 0. The number of rotatable bonds is 3. The van der Waals surface area contributed by atoms with Crippen molar-refractivity contribution in [1.29, 1.82) is 0 Å². The van der Waals surface area contributed by atoms with E-state index in [0.717, 1.165) is 0 Å². The van der Waals surface area contributed by atoms with Gasteiger partial charge in [-0.1, -0.05) is 13.8 Å². The van der Waals surface area contributed by atoms with Gasteiger partial charge in [0.25, 0.3) is 11.3 Å². The fourth-order valence-corrected chi connectivity index (χ4v) is 0.348. The number of carbonyl (C=O) groups is 1. The summed E-state index contributed by atoms with van der Waals surface area (Å²) in [4.78, 5) is 16.2. The standard InChI is InChI=1S/C4H9NO4S/c1-3(2)4(6)9-5-10(7)8/h3,5H,1-2H3,(H,7,8). The predicted octanol–water partition coefficient (Wildman–Crippen LogP) is -0.173. The number of hydrogen-bond donors (Lipinski definition) is 2. The Morgan fingerprint density at radius 1 is 1.70 bits per heavy atom. The minimum Gasteiger partial charge on any atom is -0.356 e. The Morgan fingerprint density at radius 2 is 2.20 bits per heavy atom. The second-order valence-corrected chi connectivity index (χ2v) is 2.57. The zero-order chi connectivity index (χ0) is 8.15. The van der Waals surface area contributed by atoms with E-state index in [-0.39, 0.29) is 5.92 Å². The summed E-state index contributed by atoms with van der Waals surface area (Å²) in [6.07, 6.45) is 0. The summed E-state index contributed by atoms with van der Waals surface area (Å²) >= 11 is -2.30. The third-order valence-corrected chi connectivity index (χ3v) is 0.911. The molecule has 60 valence electrons. The molecule has 0 aliphatic heterocycles. The van der Waals surface area contributed by atoms with Crippen molar-refractivity contribution in [2.45, 2.75) is 13.8 Å². The van der Waals surface area contributed by atoms with Crippen molar-refractivity contribution in [2.75, 3.05) is 0 Å². The molecule has 0 saturated heterocycles.